The van der Waals surface area contributed by atoms with Crippen LogP contribution in [0.4, 0.5) is 0 Å². The third kappa shape index (κ3) is 4.07. The number of hydrogen-bond acceptors (Lipinski definition) is 2. The first-order valence-corrected chi connectivity index (χ1v) is 9.37. The molecule has 1 unspecified atom stereocenters. The molecule has 1 aliphatic rings. The summed E-state index contributed by atoms with van der Waals surface area (Å²) < 4.78 is 0. The first-order chi connectivity index (χ1) is 10.7. The molecule has 0 heterocycles. The predicted octanol–water partition coefficient (Wildman–Crippen LogP) is 5.19. The van der Waals surface area contributed by atoms with Crippen LogP contribution in [0.25, 0.3) is 0 Å². The second-order valence-electron chi connectivity index (χ2n) is 5.89. The lowest BCUT2D eigenvalue weighted by molar-refractivity contribution is 0.204. The van der Waals surface area contributed by atoms with Crippen molar-refractivity contribution >= 4 is 23.4 Å². The highest BCUT2D eigenvalue weighted by atomic mass is 35.5. The SMILES string of the molecule is OC(CSCc1ccc(Cl)cc1)c1ccc2c(c1)CCCC2. The maximum absolute atomic E-state index is 10.4. The van der Waals surface area contributed by atoms with Crippen LogP contribution in [-0.2, 0) is 18.6 Å². The maximum atomic E-state index is 10.4. The lowest BCUT2D eigenvalue weighted by atomic mass is 9.90. The number of fused-ring (bicyclic) bond motifs is 1. The van der Waals surface area contributed by atoms with Gasteiger partial charge in [-0.05, 0) is 60.1 Å². The minimum absolute atomic E-state index is 0.385. The Morgan fingerprint density at radius 3 is 2.50 bits per heavy atom. The Kier molecular flexibility index (Phi) is 5.46. The van der Waals surface area contributed by atoms with Gasteiger partial charge < -0.3 is 5.11 Å². The van der Waals surface area contributed by atoms with Gasteiger partial charge >= 0.3 is 0 Å². The van der Waals surface area contributed by atoms with Crippen LogP contribution in [0.15, 0.2) is 42.5 Å². The van der Waals surface area contributed by atoms with Crippen molar-refractivity contribution in [1.82, 2.24) is 0 Å². The van der Waals surface area contributed by atoms with Crippen molar-refractivity contribution in [2.45, 2.75) is 37.5 Å². The molecule has 0 spiro atoms. The Balaban J connectivity index is 1.55. The van der Waals surface area contributed by atoms with Crippen LogP contribution in [0.5, 0.6) is 0 Å². The molecule has 3 heteroatoms. The number of aliphatic hydroxyl groups is 1. The van der Waals surface area contributed by atoms with E-state index in [4.69, 9.17) is 11.6 Å². The quantitative estimate of drug-likeness (QED) is 0.813. The van der Waals surface area contributed by atoms with E-state index in [1.165, 1.54) is 36.0 Å². The van der Waals surface area contributed by atoms with E-state index in [1.807, 2.05) is 24.3 Å². The van der Waals surface area contributed by atoms with Gasteiger partial charge in [-0.2, -0.15) is 11.8 Å². The van der Waals surface area contributed by atoms with Crippen LogP contribution in [0.3, 0.4) is 0 Å². The molecule has 3 rings (SSSR count). The summed E-state index contributed by atoms with van der Waals surface area (Å²) in [5, 5.41) is 11.2. The van der Waals surface area contributed by atoms with Gasteiger partial charge in [-0.3, -0.25) is 0 Å². The highest BCUT2D eigenvalue weighted by Gasteiger charge is 2.13. The molecule has 22 heavy (non-hydrogen) atoms. The molecule has 1 nitrogen and oxygen atoms in total. The van der Waals surface area contributed by atoms with Crippen molar-refractivity contribution in [3.8, 4) is 0 Å². The van der Waals surface area contributed by atoms with Crippen LogP contribution < -0.4 is 0 Å². The summed E-state index contributed by atoms with van der Waals surface area (Å²) in [6.45, 7) is 0. The molecule has 2 aromatic carbocycles. The van der Waals surface area contributed by atoms with Crippen LogP contribution in [0.2, 0.25) is 5.02 Å². The summed E-state index contributed by atoms with van der Waals surface area (Å²) in [5.74, 6) is 1.63. The van der Waals surface area contributed by atoms with Gasteiger partial charge in [0, 0.05) is 16.5 Å². The summed E-state index contributed by atoms with van der Waals surface area (Å²) in [6, 6.07) is 14.4. The third-order valence-corrected chi connectivity index (χ3v) is 5.56. The average molecular weight is 333 g/mol. The summed E-state index contributed by atoms with van der Waals surface area (Å²) in [5.41, 5.74) is 5.21. The lowest BCUT2D eigenvalue weighted by Gasteiger charge is -2.18. The van der Waals surface area contributed by atoms with Crippen LogP contribution in [0.1, 0.15) is 41.2 Å². The van der Waals surface area contributed by atoms with E-state index in [0.717, 1.165) is 28.5 Å². The van der Waals surface area contributed by atoms with E-state index >= 15 is 0 Å². The number of thioether (sulfide) groups is 1. The largest absolute Gasteiger partial charge is 0.388 e. The summed E-state index contributed by atoms with van der Waals surface area (Å²) in [7, 11) is 0. The fourth-order valence-electron chi connectivity index (χ4n) is 2.93. The second-order valence-corrected chi connectivity index (χ2v) is 7.36. The molecule has 1 aliphatic carbocycles. The average Bonchev–Trinajstić information content (AvgIpc) is 2.56. The first kappa shape index (κ1) is 15.9. The number of aryl methyl sites for hydroxylation is 2. The van der Waals surface area contributed by atoms with E-state index in [9.17, 15) is 5.11 Å². The zero-order chi connectivity index (χ0) is 15.4. The summed E-state index contributed by atoms with van der Waals surface area (Å²) >= 11 is 7.65. The molecular weight excluding hydrogens is 312 g/mol. The Labute approximate surface area is 141 Å². The van der Waals surface area contributed by atoms with E-state index in [1.54, 1.807) is 11.8 Å². The minimum atomic E-state index is -0.385. The molecular formula is C19H21ClOS. The molecule has 0 amide bonds. The summed E-state index contributed by atoms with van der Waals surface area (Å²) in [4.78, 5) is 0. The molecule has 116 valence electrons. The second kappa shape index (κ2) is 7.54. The molecule has 0 saturated heterocycles. The highest BCUT2D eigenvalue weighted by Crippen LogP contribution is 2.27. The molecule has 0 radical (unpaired) electrons. The molecule has 0 saturated carbocycles. The molecule has 2 aromatic rings. The van der Waals surface area contributed by atoms with Gasteiger partial charge in [-0.15, -0.1) is 0 Å². The van der Waals surface area contributed by atoms with Crippen molar-refractivity contribution in [2.75, 3.05) is 5.75 Å². The zero-order valence-electron chi connectivity index (χ0n) is 12.6. The number of halogens is 1. The lowest BCUT2D eigenvalue weighted by Crippen LogP contribution is -2.06. The van der Waals surface area contributed by atoms with Crippen molar-refractivity contribution < 1.29 is 5.11 Å². The number of hydrogen-bond donors (Lipinski definition) is 1. The van der Waals surface area contributed by atoms with Crippen molar-refractivity contribution in [3.05, 3.63) is 69.7 Å². The standard InChI is InChI=1S/C19H21ClOS/c20-18-9-5-14(6-10-18)12-22-13-19(21)17-8-7-15-3-1-2-4-16(15)11-17/h5-11,19,21H,1-4,12-13H2. The van der Waals surface area contributed by atoms with Crippen LogP contribution in [-0.4, -0.2) is 10.9 Å². The van der Waals surface area contributed by atoms with Crippen molar-refractivity contribution in [3.63, 3.8) is 0 Å². The fourth-order valence-corrected chi connectivity index (χ4v) is 4.01. The van der Waals surface area contributed by atoms with Crippen LogP contribution >= 0.6 is 23.4 Å². The molecule has 0 aliphatic heterocycles. The highest BCUT2D eigenvalue weighted by molar-refractivity contribution is 7.98. The number of aliphatic hydroxyl groups excluding tert-OH is 1. The number of benzene rings is 2. The Morgan fingerprint density at radius 1 is 1.00 bits per heavy atom. The molecule has 1 atom stereocenters. The number of rotatable bonds is 5. The van der Waals surface area contributed by atoms with E-state index < -0.39 is 0 Å². The Morgan fingerprint density at radius 2 is 1.73 bits per heavy atom. The Hall–Kier alpha value is -0.960. The molecule has 0 bridgehead atoms. The van der Waals surface area contributed by atoms with E-state index in [0.29, 0.717) is 0 Å². The fraction of sp³-hybridized carbons (Fsp3) is 0.368. The Bertz CT molecular complexity index is 624. The zero-order valence-corrected chi connectivity index (χ0v) is 14.2. The van der Waals surface area contributed by atoms with Crippen LogP contribution in [0, 0.1) is 0 Å². The van der Waals surface area contributed by atoms with E-state index in [2.05, 4.69) is 18.2 Å². The van der Waals surface area contributed by atoms with Gasteiger partial charge in [0.1, 0.15) is 0 Å². The predicted molar refractivity (Wildman–Crippen MR) is 95.7 cm³/mol. The molecule has 1 N–H and O–H groups in total. The topological polar surface area (TPSA) is 20.2 Å². The van der Waals surface area contributed by atoms with Gasteiger partial charge in [0.25, 0.3) is 0 Å². The van der Waals surface area contributed by atoms with Crippen molar-refractivity contribution in [2.24, 2.45) is 0 Å². The van der Waals surface area contributed by atoms with Gasteiger partial charge in [-0.1, -0.05) is 41.9 Å². The van der Waals surface area contributed by atoms with Crippen molar-refractivity contribution in [1.29, 1.82) is 0 Å². The summed E-state index contributed by atoms with van der Waals surface area (Å²) in [6.07, 6.45) is 4.54. The van der Waals surface area contributed by atoms with Gasteiger partial charge in [-0.25, -0.2) is 0 Å². The first-order valence-electron chi connectivity index (χ1n) is 7.84. The van der Waals surface area contributed by atoms with E-state index in [-0.39, 0.29) is 6.10 Å². The van der Waals surface area contributed by atoms with Gasteiger partial charge in [0.2, 0.25) is 0 Å². The molecule has 0 fully saturated rings. The monoisotopic (exact) mass is 332 g/mol. The third-order valence-electron chi connectivity index (χ3n) is 4.22. The normalized spacial score (nSPS) is 15.4. The minimum Gasteiger partial charge on any atom is -0.388 e. The smallest absolute Gasteiger partial charge is 0.0880 e. The van der Waals surface area contributed by atoms with Gasteiger partial charge in [0.05, 0.1) is 6.10 Å². The van der Waals surface area contributed by atoms with Gasteiger partial charge in [0.15, 0.2) is 0 Å². The molecule has 0 aromatic heterocycles. The maximum Gasteiger partial charge on any atom is 0.0880 e.